The third-order valence-corrected chi connectivity index (χ3v) is 4.26. The lowest BCUT2D eigenvalue weighted by Crippen LogP contribution is -2.39. The van der Waals surface area contributed by atoms with Crippen LogP contribution in [0.5, 0.6) is 0 Å². The molecular weight excluding hydrogens is 479 g/mol. The summed E-state index contributed by atoms with van der Waals surface area (Å²) in [6, 6.07) is 10.0. The Morgan fingerprint density at radius 3 is 2.63 bits per heavy atom. The van der Waals surface area contributed by atoms with Gasteiger partial charge in [-0.15, -0.1) is 24.0 Å². The largest absolute Gasteiger partial charge is 0.357 e. The number of hydrogen-bond donors (Lipinski definition) is 3. The molecule has 0 atom stereocenters. The molecule has 0 saturated carbocycles. The third-order valence-electron chi connectivity index (χ3n) is 3.53. The summed E-state index contributed by atoms with van der Waals surface area (Å²) >= 11 is 0. The highest BCUT2D eigenvalue weighted by atomic mass is 127. The zero-order valence-corrected chi connectivity index (χ0v) is 18.9. The Labute approximate surface area is 177 Å². The summed E-state index contributed by atoms with van der Waals surface area (Å²) in [5.41, 5.74) is 2.05. The van der Waals surface area contributed by atoms with Crippen LogP contribution in [0.1, 0.15) is 12.7 Å². The fourth-order valence-corrected chi connectivity index (χ4v) is 2.83. The van der Waals surface area contributed by atoms with Crippen molar-refractivity contribution < 1.29 is 8.42 Å². The molecule has 8 nitrogen and oxygen atoms in total. The lowest BCUT2D eigenvalue weighted by Gasteiger charge is -2.21. The zero-order chi connectivity index (χ0) is 19.0. The summed E-state index contributed by atoms with van der Waals surface area (Å²) in [5.74, 6) is 1.52. The van der Waals surface area contributed by atoms with E-state index >= 15 is 0 Å². The van der Waals surface area contributed by atoms with Gasteiger partial charge in [-0.3, -0.25) is 4.99 Å². The molecule has 0 amide bonds. The van der Waals surface area contributed by atoms with Crippen LogP contribution in [0.3, 0.4) is 0 Å². The van der Waals surface area contributed by atoms with E-state index in [4.69, 9.17) is 0 Å². The minimum absolute atomic E-state index is 0. The summed E-state index contributed by atoms with van der Waals surface area (Å²) in [5, 5.41) is 3.20. The zero-order valence-electron chi connectivity index (χ0n) is 15.8. The number of sulfonamides is 1. The Kier molecular flexibility index (Phi) is 9.74. The van der Waals surface area contributed by atoms with Gasteiger partial charge >= 0.3 is 0 Å². The van der Waals surface area contributed by atoms with Crippen LogP contribution in [0, 0.1) is 0 Å². The number of aromatic amines is 1. The topological polar surface area (TPSA) is 102 Å². The lowest BCUT2D eigenvalue weighted by molar-refractivity contribution is 0.464. The number of imidazole rings is 1. The van der Waals surface area contributed by atoms with E-state index in [2.05, 4.69) is 25.0 Å². The van der Waals surface area contributed by atoms with E-state index in [0.29, 0.717) is 19.0 Å². The highest BCUT2D eigenvalue weighted by Gasteiger charge is 2.10. The van der Waals surface area contributed by atoms with Crippen LogP contribution in [0.2, 0.25) is 0 Å². The van der Waals surface area contributed by atoms with Crippen molar-refractivity contribution in [3.63, 3.8) is 0 Å². The monoisotopic (exact) mass is 506 g/mol. The third kappa shape index (κ3) is 8.26. The van der Waals surface area contributed by atoms with Crippen LogP contribution < -0.4 is 10.0 Å². The van der Waals surface area contributed by atoms with E-state index in [1.165, 1.54) is 0 Å². The van der Waals surface area contributed by atoms with E-state index in [9.17, 15) is 8.42 Å². The number of nitrogens with zero attached hydrogens (tertiary/aromatic N) is 3. The Morgan fingerprint density at radius 2 is 2.00 bits per heavy atom. The van der Waals surface area contributed by atoms with Gasteiger partial charge in [0, 0.05) is 20.1 Å². The molecular formula is C17H27IN6O2S. The second-order valence-electron chi connectivity index (χ2n) is 5.87. The van der Waals surface area contributed by atoms with Crippen molar-refractivity contribution in [2.45, 2.75) is 13.5 Å². The Bertz CT molecular complexity index is 823. The van der Waals surface area contributed by atoms with E-state index in [1.54, 1.807) is 0 Å². The van der Waals surface area contributed by atoms with Gasteiger partial charge < -0.3 is 15.2 Å². The Balaban J connectivity index is 0.00000364. The van der Waals surface area contributed by atoms with E-state index in [0.717, 1.165) is 29.9 Å². The molecule has 0 aliphatic rings. The maximum Gasteiger partial charge on any atom is 0.208 e. The van der Waals surface area contributed by atoms with Gasteiger partial charge in [-0.05, 0) is 12.5 Å². The van der Waals surface area contributed by atoms with Gasteiger partial charge in [0.1, 0.15) is 5.82 Å². The molecule has 0 aliphatic heterocycles. The summed E-state index contributed by atoms with van der Waals surface area (Å²) in [4.78, 5) is 14.1. The van der Waals surface area contributed by atoms with Gasteiger partial charge in [-0.1, -0.05) is 30.3 Å². The fourth-order valence-electron chi connectivity index (χ4n) is 2.37. The normalized spacial score (nSPS) is 11.7. The maximum atomic E-state index is 11.1. The summed E-state index contributed by atoms with van der Waals surface area (Å²) in [6.45, 7) is 3.88. The number of rotatable bonds is 8. The van der Waals surface area contributed by atoms with Crippen LogP contribution >= 0.6 is 24.0 Å². The molecule has 0 fully saturated rings. The summed E-state index contributed by atoms with van der Waals surface area (Å²) < 4.78 is 24.6. The second kappa shape index (κ2) is 11.2. The molecule has 1 aromatic carbocycles. The maximum absolute atomic E-state index is 11.1. The van der Waals surface area contributed by atoms with Crippen molar-refractivity contribution in [1.29, 1.82) is 0 Å². The van der Waals surface area contributed by atoms with Crippen molar-refractivity contribution in [3.8, 4) is 11.3 Å². The van der Waals surface area contributed by atoms with Crippen LogP contribution in [0.25, 0.3) is 11.3 Å². The average Bonchev–Trinajstić information content (AvgIpc) is 3.06. The van der Waals surface area contributed by atoms with Gasteiger partial charge in [0.15, 0.2) is 5.96 Å². The molecule has 1 aromatic heterocycles. The standard InChI is InChI=1S/C17H26N6O2S.HI/c1-4-18-17(19-10-11-21-26(3,24)25)23(2)13-16-20-12-15(22-16)14-8-6-5-7-9-14;/h5-9,12,21H,4,10-11,13H2,1-3H3,(H,18,19)(H,20,22);1H. The molecule has 0 bridgehead atoms. The quantitative estimate of drug-likeness (QED) is 0.219. The van der Waals surface area contributed by atoms with E-state index < -0.39 is 10.0 Å². The lowest BCUT2D eigenvalue weighted by atomic mass is 10.2. The number of aromatic nitrogens is 2. The number of aliphatic imine (C=N–C) groups is 1. The van der Waals surface area contributed by atoms with Gasteiger partial charge in [0.2, 0.25) is 10.0 Å². The molecule has 0 saturated heterocycles. The SMILES string of the molecule is CCNC(=NCCNS(C)(=O)=O)N(C)Cc1ncc(-c2ccccc2)[nH]1.I. The Hall–Kier alpha value is -1.66. The highest BCUT2D eigenvalue weighted by molar-refractivity contribution is 14.0. The number of H-pyrrole nitrogens is 1. The van der Waals surface area contributed by atoms with Gasteiger partial charge in [0.05, 0.1) is 31.2 Å². The van der Waals surface area contributed by atoms with Crippen molar-refractivity contribution in [1.82, 2.24) is 24.9 Å². The number of hydrogen-bond acceptors (Lipinski definition) is 4. The molecule has 3 N–H and O–H groups in total. The smallest absolute Gasteiger partial charge is 0.208 e. The van der Waals surface area contributed by atoms with Crippen molar-refractivity contribution in [3.05, 3.63) is 42.4 Å². The Morgan fingerprint density at radius 1 is 1.30 bits per heavy atom. The molecule has 0 aliphatic carbocycles. The van der Waals surface area contributed by atoms with Crippen LogP contribution in [-0.4, -0.2) is 62.2 Å². The van der Waals surface area contributed by atoms with Crippen LogP contribution in [-0.2, 0) is 16.6 Å². The molecule has 0 unspecified atom stereocenters. The van der Waals surface area contributed by atoms with Gasteiger partial charge in [-0.25, -0.2) is 18.1 Å². The molecule has 27 heavy (non-hydrogen) atoms. The minimum atomic E-state index is -3.20. The van der Waals surface area contributed by atoms with Crippen molar-refractivity contribution >= 4 is 40.0 Å². The van der Waals surface area contributed by atoms with Crippen molar-refractivity contribution in [2.75, 3.05) is 32.9 Å². The molecule has 10 heteroatoms. The number of halogens is 1. The molecule has 1 heterocycles. The molecule has 0 radical (unpaired) electrons. The van der Waals surface area contributed by atoms with Gasteiger partial charge in [-0.2, -0.15) is 0 Å². The molecule has 2 aromatic rings. The second-order valence-corrected chi connectivity index (χ2v) is 7.70. The van der Waals surface area contributed by atoms with Crippen LogP contribution in [0.15, 0.2) is 41.5 Å². The summed E-state index contributed by atoms with van der Waals surface area (Å²) in [6.07, 6.45) is 2.95. The number of guanidine groups is 1. The summed E-state index contributed by atoms with van der Waals surface area (Å²) in [7, 11) is -1.28. The van der Waals surface area contributed by atoms with Gasteiger partial charge in [0.25, 0.3) is 0 Å². The first-order chi connectivity index (χ1) is 12.4. The highest BCUT2D eigenvalue weighted by Crippen LogP contribution is 2.16. The van der Waals surface area contributed by atoms with E-state index in [1.807, 2.05) is 55.4 Å². The molecule has 150 valence electrons. The average molecular weight is 506 g/mol. The first kappa shape index (κ1) is 23.4. The predicted octanol–water partition coefficient (Wildman–Crippen LogP) is 1.64. The molecule has 0 spiro atoms. The first-order valence-electron chi connectivity index (χ1n) is 8.42. The van der Waals surface area contributed by atoms with Crippen LogP contribution in [0.4, 0.5) is 0 Å². The molecule has 2 rings (SSSR count). The number of nitrogens with one attached hydrogen (secondary N) is 3. The number of benzene rings is 1. The predicted molar refractivity (Wildman–Crippen MR) is 120 cm³/mol. The first-order valence-corrected chi connectivity index (χ1v) is 10.3. The van der Waals surface area contributed by atoms with E-state index in [-0.39, 0.29) is 30.5 Å². The minimum Gasteiger partial charge on any atom is -0.357 e. The fraction of sp³-hybridized carbons (Fsp3) is 0.412. The van der Waals surface area contributed by atoms with Crippen molar-refractivity contribution in [2.24, 2.45) is 4.99 Å².